The van der Waals surface area contributed by atoms with Crippen LogP contribution >= 0.6 is 0 Å². The Bertz CT molecular complexity index is 500. The Morgan fingerprint density at radius 3 is 2.19 bits per heavy atom. The third kappa shape index (κ3) is 6.25. The maximum absolute atomic E-state index is 11.6. The summed E-state index contributed by atoms with van der Waals surface area (Å²) in [6.45, 7) is 9.37. The van der Waals surface area contributed by atoms with Gasteiger partial charge in [0, 0.05) is 5.57 Å². The van der Waals surface area contributed by atoms with E-state index in [4.69, 9.17) is 9.47 Å². The maximum Gasteiger partial charge on any atom is 0.333 e. The number of benzene rings is 1. The van der Waals surface area contributed by atoms with Gasteiger partial charge in [0.05, 0.1) is 6.42 Å². The Labute approximate surface area is 125 Å². The van der Waals surface area contributed by atoms with Crippen molar-refractivity contribution in [2.24, 2.45) is 0 Å². The lowest BCUT2D eigenvalue weighted by atomic mass is 10.0. The summed E-state index contributed by atoms with van der Waals surface area (Å²) < 4.78 is 9.84. The van der Waals surface area contributed by atoms with Gasteiger partial charge in [0.15, 0.2) is 0 Å². The minimum Gasteiger partial charge on any atom is -0.462 e. The fourth-order valence-electron chi connectivity index (χ4n) is 1.65. The number of carbonyl (C=O) groups is 2. The highest BCUT2D eigenvalue weighted by Crippen LogP contribution is 2.15. The summed E-state index contributed by atoms with van der Waals surface area (Å²) >= 11 is 0. The van der Waals surface area contributed by atoms with E-state index in [2.05, 4.69) is 20.4 Å². The van der Waals surface area contributed by atoms with Gasteiger partial charge in [0.2, 0.25) is 0 Å². The summed E-state index contributed by atoms with van der Waals surface area (Å²) in [4.78, 5) is 22.7. The molecule has 114 valence electrons. The Balaban J connectivity index is 2.30. The topological polar surface area (TPSA) is 52.6 Å². The summed E-state index contributed by atoms with van der Waals surface area (Å²) in [7, 11) is 0. The van der Waals surface area contributed by atoms with Crippen molar-refractivity contribution >= 4 is 11.9 Å². The largest absolute Gasteiger partial charge is 0.462 e. The minimum atomic E-state index is -0.477. The van der Waals surface area contributed by atoms with Crippen LogP contribution in [0.3, 0.4) is 0 Å². The van der Waals surface area contributed by atoms with E-state index in [1.54, 1.807) is 6.92 Å². The highest BCUT2D eigenvalue weighted by atomic mass is 16.6. The van der Waals surface area contributed by atoms with Crippen LogP contribution in [0.25, 0.3) is 0 Å². The van der Waals surface area contributed by atoms with E-state index in [1.807, 2.05) is 24.3 Å². The predicted molar refractivity (Wildman–Crippen MR) is 81.0 cm³/mol. The molecule has 0 unspecified atom stereocenters. The highest BCUT2D eigenvalue weighted by molar-refractivity contribution is 5.86. The van der Waals surface area contributed by atoms with Crippen molar-refractivity contribution in [1.29, 1.82) is 0 Å². The summed E-state index contributed by atoms with van der Waals surface area (Å²) in [6, 6.07) is 7.89. The molecule has 0 bridgehead atoms. The number of carbonyl (C=O) groups excluding carboxylic acids is 2. The first-order valence-corrected chi connectivity index (χ1v) is 6.97. The number of esters is 2. The predicted octanol–water partition coefficient (Wildman–Crippen LogP) is 3.02. The van der Waals surface area contributed by atoms with Gasteiger partial charge >= 0.3 is 11.9 Å². The number of rotatable bonds is 7. The van der Waals surface area contributed by atoms with Crippen molar-refractivity contribution in [3.8, 4) is 0 Å². The van der Waals surface area contributed by atoms with Gasteiger partial charge in [-0.15, -0.1) is 0 Å². The van der Waals surface area contributed by atoms with E-state index in [-0.39, 0.29) is 25.6 Å². The molecular weight excluding hydrogens is 268 g/mol. The van der Waals surface area contributed by atoms with Crippen LogP contribution in [0, 0.1) is 0 Å². The molecule has 0 heterocycles. The van der Waals surface area contributed by atoms with E-state index in [9.17, 15) is 9.59 Å². The van der Waals surface area contributed by atoms with E-state index in [0.717, 1.165) is 5.56 Å². The van der Waals surface area contributed by atoms with Gasteiger partial charge in [0.1, 0.15) is 13.2 Å². The van der Waals surface area contributed by atoms with E-state index >= 15 is 0 Å². The second kappa shape index (κ2) is 8.25. The van der Waals surface area contributed by atoms with E-state index < -0.39 is 5.97 Å². The van der Waals surface area contributed by atoms with Crippen molar-refractivity contribution in [2.45, 2.75) is 33.1 Å². The van der Waals surface area contributed by atoms with Crippen molar-refractivity contribution in [2.75, 3.05) is 13.2 Å². The lowest BCUT2D eigenvalue weighted by Gasteiger charge is -2.08. The molecule has 0 saturated heterocycles. The van der Waals surface area contributed by atoms with E-state index in [0.29, 0.717) is 11.5 Å². The number of hydrogen-bond acceptors (Lipinski definition) is 4. The molecule has 0 aromatic heterocycles. The zero-order valence-electron chi connectivity index (χ0n) is 12.8. The molecule has 4 nitrogen and oxygen atoms in total. The first kappa shape index (κ1) is 17.0. The van der Waals surface area contributed by atoms with Gasteiger partial charge in [-0.05, 0) is 24.0 Å². The molecule has 0 radical (unpaired) electrons. The Morgan fingerprint density at radius 2 is 1.67 bits per heavy atom. The average Bonchev–Trinajstić information content (AvgIpc) is 2.43. The molecule has 21 heavy (non-hydrogen) atoms. The van der Waals surface area contributed by atoms with Crippen LogP contribution in [-0.2, 0) is 25.5 Å². The molecule has 0 atom stereocenters. The number of hydrogen-bond donors (Lipinski definition) is 0. The van der Waals surface area contributed by atoms with Crippen LogP contribution in [0.5, 0.6) is 0 Å². The van der Waals surface area contributed by atoms with Crippen molar-refractivity contribution in [1.82, 2.24) is 0 Å². The van der Waals surface area contributed by atoms with Crippen molar-refractivity contribution < 1.29 is 19.1 Å². The third-order valence-electron chi connectivity index (χ3n) is 2.92. The zero-order chi connectivity index (χ0) is 15.8. The molecule has 0 fully saturated rings. The summed E-state index contributed by atoms with van der Waals surface area (Å²) in [5, 5.41) is 0. The van der Waals surface area contributed by atoms with E-state index in [1.165, 1.54) is 5.56 Å². The van der Waals surface area contributed by atoms with Gasteiger partial charge in [0.25, 0.3) is 0 Å². The Kier molecular flexibility index (Phi) is 6.66. The molecule has 0 spiro atoms. The zero-order valence-corrected chi connectivity index (χ0v) is 12.8. The molecule has 0 saturated carbocycles. The molecular formula is C17H22O4. The van der Waals surface area contributed by atoms with Crippen LogP contribution in [0.1, 0.15) is 37.8 Å². The smallest absolute Gasteiger partial charge is 0.333 e. The second-order valence-electron chi connectivity index (χ2n) is 5.21. The molecule has 0 amide bonds. The highest BCUT2D eigenvalue weighted by Gasteiger charge is 2.07. The quantitative estimate of drug-likeness (QED) is 0.440. The second-order valence-corrected chi connectivity index (χ2v) is 5.21. The fourth-order valence-corrected chi connectivity index (χ4v) is 1.65. The SMILES string of the molecule is C=C(C)C(=O)OCCOC(=O)Cc1ccc(C(C)C)cc1. The average molecular weight is 290 g/mol. The molecule has 1 aromatic carbocycles. The maximum atomic E-state index is 11.6. The monoisotopic (exact) mass is 290 g/mol. The van der Waals surface area contributed by atoms with Gasteiger partial charge in [-0.3, -0.25) is 4.79 Å². The molecule has 4 heteroatoms. The summed E-state index contributed by atoms with van der Waals surface area (Å²) in [6.07, 6.45) is 0.215. The van der Waals surface area contributed by atoms with Gasteiger partial charge in [-0.25, -0.2) is 4.79 Å². The van der Waals surface area contributed by atoms with Crippen LogP contribution < -0.4 is 0 Å². The lowest BCUT2D eigenvalue weighted by molar-refractivity contribution is -0.149. The van der Waals surface area contributed by atoms with Gasteiger partial charge in [-0.2, -0.15) is 0 Å². The third-order valence-corrected chi connectivity index (χ3v) is 2.92. The summed E-state index contributed by atoms with van der Waals surface area (Å²) in [5.74, 6) is -0.344. The normalized spacial score (nSPS) is 10.3. The molecule has 0 N–H and O–H groups in total. The van der Waals surface area contributed by atoms with Crippen molar-refractivity contribution in [3.63, 3.8) is 0 Å². The minimum absolute atomic E-state index is 0.0454. The molecule has 0 aliphatic rings. The first-order chi connectivity index (χ1) is 9.90. The molecule has 1 rings (SSSR count). The van der Waals surface area contributed by atoms with Crippen LogP contribution in [0.15, 0.2) is 36.4 Å². The Hall–Kier alpha value is -2.10. The first-order valence-electron chi connectivity index (χ1n) is 6.97. The van der Waals surface area contributed by atoms with Gasteiger partial charge in [-0.1, -0.05) is 44.7 Å². The lowest BCUT2D eigenvalue weighted by Crippen LogP contribution is -2.15. The van der Waals surface area contributed by atoms with Gasteiger partial charge < -0.3 is 9.47 Å². The summed E-state index contributed by atoms with van der Waals surface area (Å²) in [5.41, 5.74) is 2.47. The van der Waals surface area contributed by atoms with Crippen LogP contribution in [0.4, 0.5) is 0 Å². The number of ether oxygens (including phenoxy) is 2. The van der Waals surface area contributed by atoms with Crippen LogP contribution in [0.2, 0.25) is 0 Å². The van der Waals surface area contributed by atoms with Crippen molar-refractivity contribution in [3.05, 3.63) is 47.5 Å². The van der Waals surface area contributed by atoms with Crippen LogP contribution in [-0.4, -0.2) is 25.2 Å². The molecule has 0 aliphatic heterocycles. The standard InChI is InChI=1S/C17H22O4/c1-12(2)15-7-5-14(6-8-15)11-16(18)20-9-10-21-17(19)13(3)4/h5-8,12H,3,9-11H2,1-2,4H3. The molecule has 1 aromatic rings. The Morgan fingerprint density at radius 1 is 1.10 bits per heavy atom. The fraction of sp³-hybridized carbons (Fsp3) is 0.412. The molecule has 0 aliphatic carbocycles.